The molecule has 0 spiro atoms. The first-order chi connectivity index (χ1) is 7.47. The van der Waals surface area contributed by atoms with Crippen molar-refractivity contribution >= 4 is 0 Å². The number of ether oxygens (including phenoxy) is 1. The first-order valence-electron chi connectivity index (χ1n) is 6.56. The summed E-state index contributed by atoms with van der Waals surface area (Å²) in [5, 5.41) is 3.67. The Balaban J connectivity index is 2.14. The van der Waals surface area contributed by atoms with E-state index >= 15 is 0 Å². The van der Waals surface area contributed by atoms with E-state index in [1.165, 1.54) is 12.8 Å². The maximum Gasteiger partial charge on any atom is 0.0622 e. The summed E-state index contributed by atoms with van der Waals surface area (Å²) in [6.45, 7) is 13.4. The zero-order chi connectivity index (χ0) is 11.8. The highest BCUT2D eigenvalue weighted by molar-refractivity contribution is 5.02. The summed E-state index contributed by atoms with van der Waals surface area (Å²) in [6.07, 6.45) is 2.40. The summed E-state index contributed by atoms with van der Waals surface area (Å²) < 4.78 is 5.55. The van der Waals surface area contributed by atoms with Gasteiger partial charge in [-0.3, -0.25) is 4.90 Å². The fourth-order valence-electron chi connectivity index (χ4n) is 2.87. The molecule has 0 aromatic carbocycles. The van der Waals surface area contributed by atoms with E-state index in [1.807, 2.05) is 0 Å². The van der Waals surface area contributed by atoms with Crippen LogP contribution in [0.5, 0.6) is 0 Å². The van der Waals surface area contributed by atoms with Crippen molar-refractivity contribution < 1.29 is 4.74 Å². The normalized spacial score (nSPS) is 40.1. The molecule has 1 N–H and O–H groups in total. The van der Waals surface area contributed by atoms with Crippen LogP contribution in [-0.4, -0.2) is 48.3 Å². The van der Waals surface area contributed by atoms with E-state index < -0.39 is 0 Å². The number of piperazine rings is 1. The Hall–Kier alpha value is -0.120. The van der Waals surface area contributed by atoms with Gasteiger partial charge in [0.05, 0.1) is 6.61 Å². The lowest BCUT2D eigenvalue weighted by Crippen LogP contribution is -2.69. The van der Waals surface area contributed by atoms with Crippen LogP contribution in [0.3, 0.4) is 0 Å². The van der Waals surface area contributed by atoms with E-state index in [0.29, 0.717) is 11.6 Å². The lowest BCUT2D eigenvalue weighted by Gasteiger charge is -2.53. The van der Waals surface area contributed by atoms with Crippen molar-refractivity contribution in [2.75, 3.05) is 26.3 Å². The highest BCUT2D eigenvalue weighted by Crippen LogP contribution is 2.31. The number of rotatable bonds is 2. The number of nitrogens with zero attached hydrogens (tertiary/aromatic N) is 1. The van der Waals surface area contributed by atoms with E-state index in [2.05, 4.69) is 37.9 Å². The standard InChI is InChI=1S/C13H26N2O/c1-5-13(4)9-14-12(2,3)10-15(13)11-6-7-16-8-11/h11,14H,5-10H2,1-4H3. The van der Waals surface area contributed by atoms with Gasteiger partial charge in [0, 0.05) is 36.8 Å². The molecular weight excluding hydrogens is 200 g/mol. The van der Waals surface area contributed by atoms with Gasteiger partial charge >= 0.3 is 0 Å². The van der Waals surface area contributed by atoms with Gasteiger partial charge < -0.3 is 10.1 Å². The van der Waals surface area contributed by atoms with E-state index in [0.717, 1.165) is 26.3 Å². The van der Waals surface area contributed by atoms with E-state index in [9.17, 15) is 0 Å². The number of hydrogen-bond acceptors (Lipinski definition) is 3. The molecule has 0 bridgehead atoms. The van der Waals surface area contributed by atoms with E-state index in [4.69, 9.17) is 4.74 Å². The van der Waals surface area contributed by atoms with Gasteiger partial charge in [-0.15, -0.1) is 0 Å². The zero-order valence-corrected chi connectivity index (χ0v) is 11.2. The number of nitrogens with one attached hydrogen (secondary N) is 1. The topological polar surface area (TPSA) is 24.5 Å². The first-order valence-corrected chi connectivity index (χ1v) is 6.56. The second-order valence-corrected chi connectivity index (χ2v) is 6.23. The van der Waals surface area contributed by atoms with Gasteiger partial charge in [-0.25, -0.2) is 0 Å². The quantitative estimate of drug-likeness (QED) is 0.774. The fourth-order valence-corrected chi connectivity index (χ4v) is 2.87. The lowest BCUT2D eigenvalue weighted by atomic mass is 9.86. The molecule has 0 radical (unpaired) electrons. The van der Waals surface area contributed by atoms with E-state index in [-0.39, 0.29) is 5.54 Å². The first kappa shape index (κ1) is 12.3. The molecule has 2 atom stereocenters. The minimum Gasteiger partial charge on any atom is -0.380 e. The van der Waals surface area contributed by atoms with Gasteiger partial charge in [0.15, 0.2) is 0 Å². The van der Waals surface area contributed by atoms with Gasteiger partial charge in [0.2, 0.25) is 0 Å². The predicted molar refractivity (Wildman–Crippen MR) is 66.7 cm³/mol. The predicted octanol–water partition coefficient (Wildman–Crippen LogP) is 1.63. The smallest absolute Gasteiger partial charge is 0.0622 e. The Morgan fingerprint density at radius 1 is 1.38 bits per heavy atom. The molecule has 2 aliphatic heterocycles. The van der Waals surface area contributed by atoms with Crippen LogP contribution in [0.15, 0.2) is 0 Å². The third-order valence-electron chi connectivity index (χ3n) is 4.31. The summed E-state index contributed by atoms with van der Waals surface area (Å²) in [5.74, 6) is 0. The fraction of sp³-hybridized carbons (Fsp3) is 1.00. The summed E-state index contributed by atoms with van der Waals surface area (Å²) >= 11 is 0. The maximum atomic E-state index is 5.55. The Morgan fingerprint density at radius 2 is 2.12 bits per heavy atom. The van der Waals surface area contributed by atoms with Gasteiger partial charge in [-0.05, 0) is 33.6 Å². The average Bonchev–Trinajstić information content (AvgIpc) is 2.75. The monoisotopic (exact) mass is 226 g/mol. The molecule has 2 aliphatic rings. The van der Waals surface area contributed by atoms with E-state index in [1.54, 1.807) is 0 Å². The Kier molecular flexibility index (Phi) is 3.30. The molecule has 3 heteroatoms. The molecule has 2 heterocycles. The minimum atomic E-state index is 0.233. The molecular formula is C13H26N2O. The molecule has 2 saturated heterocycles. The molecule has 0 aromatic heterocycles. The van der Waals surface area contributed by atoms with Crippen molar-refractivity contribution in [2.24, 2.45) is 0 Å². The Morgan fingerprint density at radius 3 is 2.69 bits per heavy atom. The Labute approximate surface area is 99.5 Å². The van der Waals surface area contributed by atoms with Crippen LogP contribution in [0.2, 0.25) is 0 Å². The zero-order valence-electron chi connectivity index (χ0n) is 11.2. The largest absolute Gasteiger partial charge is 0.380 e. The van der Waals surface area contributed by atoms with Crippen LogP contribution >= 0.6 is 0 Å². The molecule has 2 fully saturated rings. The third-order valence-corrected chi connectivity index (χ3v) is 4.31. The highest BCUT2D eigenvalue weighted by atomic mass is 16.5. The van der Waals surface area contributed by atoms with Crippen LogP contribution in [0.25, 0.3) is 0 Å². The molecule has 2 rings (SSSR count). The van der Waals surface area contributed by atoms with Crippen LogP contribution in [-0.2, 0) is 4.74 Å². The number of hydrogen-bond donors (Lipinski definition) is 1. The summed E-state index contributed by atoms with van der Waals surface area (Å²) in [4.78, 5) is 2.69. The molecule has 0 aliphatic carbocycles. The lowest BCUT2D eigenvalue weighted by molar-refractivity contribution is -0.0132. The summed E-state index contributed by atoms with van der Waals surface area (Å²) in [6, 6.07) is 0.631. The van der Waals surface area contributed by atoms with Crippen molar-refractivity contribution in [1.82, 2.24) is 10.2 Å². The third kappa shape index (κ3) is 2.27. The molecule has 2 unspecified atom stereocenters. The van der Waals surface area contributed by atoms with Crippen LogP contribution < -0.4 is 5.32 Å². The van der Waals surface area contributed by atoms with Crippen molar-refractivity contribution in [3.63, 3.8) is 0 Å². The molecule has 16 heavy (non-hydrogen) atoms. The second kappa shape index (κ2) is 4.28. The molecule has 0 aromatic rings. The average molecular weight is 226 g/mol. The summed E-state index contributed by atoms with van der Waals surface area (Å²) in [7, 11) is 0. The molecule has 0 amide bonds. The van der Waals surface area contributed by atoms with Crippen molar-refractivity contribution in [3.05, 3.63) is 0 Å². The van der Waals surface area contributed by atoms with Gasteiger partial charge in [-0.2, -0.15) is 0 Å². The van der Waals surface area contributed by atoms with Crippen LogP contribution in [0.1, 0.15) is 40.5 Å². The van der Waals surface area contributed by atoms with Crippen molar-refractivity contribution in [1.29, 1.82) is 0 Å². The van der Waals surface area contributed by atoms with Crippen LogP contribution in [0, 0.1) is 0 Å². The molecule has 3 nitrogen and oxygen atoms in total. The summed E-state index contributed by atoms with van der Waals surface area (Å²) in [5.41, 5.74) is 0.533. The minimum absolute atomic E-state index is 0.233. The Bertz CT molecular complexity index is 248. The van der Waals surface area contributed by atoms with Crippen LogP contribution in [0.4, 0.5) is 0 Å². The van der Waals surface area contributed by atoms with Crippen molar-refractivity contribution in [2.45, 2.75) is 57.7 Å². The molecule has 94 valence electrons. The molecule has 0 saturated carbocycles. The van der Waals surface area contributed by atoms with Crippen molar-refractivity contribution in [3.8, 4) is 0 Å². The maximum absolute atomic E-state index is 5.55. The van der Waals surface area contributed by atoms with Gasteiger partial charge in [-0.1, -0.05) is 6.92 Å². The highest BCUT2D eigenvalue weighted by Gasteiger charge is 2.43. The van der Waals surface area contributed by atoms with Gasteiger partial charge in [0.25, 0.3) is 0 Å². The van der Waals surface area contributed by atoms with Gasteiger partial charge in [0.1, 0.15) is 0 Å². The SMILES string of the molecule is CCC1(C)CNC(C)(C)CN1C1CCOC1. The second-order valence-electron chi connectivity index (χ2n) is 6.23.